The number of sulfonamides is 1. The van der Waals surface area contributed by atoms with Crippen LogP contribution in [0.2, 0.25) is 0 Å². The maximum absolute atomic E-state index is 13.1. The summed E-state index contributed by atoms with van der Waals surface area (Å²) in [6, 6.07) is 10.6. The molecule has 1 saturated heterocycles. The molecule has 4 rings (SSSR count). The number of piperidine rings is 1. The molecule has 2 heterocycles. The van der Waals surface area contributed by atoms with Crippen LogP contribution in [0.25, 0.3) is 11.5 Å². The zero-order valence-electron chi connectivity index (χ0n) is 14.8. The summed E-state index contributed by atoms with van der Waals surface area (Å²) in [5.41, 5.74) is 0.622. The molecule has 1 aliphatic heterocycles. The van der Waals surface area contributed by atoms with Gasteiger partial charge in [0.1, 0.15) is 11.6 Å². The number of halogens is 2. The summed E-state index contributed by atoms with van der Waals surface area (Å²) >= 11 is 0. The van der Waals surface area contributed by atoms with Gasteiger partial charge in [-0.05, 0) is 61.4 Å². The van der Waals surface area contributed by atoms with Gasteiger partial charge < -0.3 is 4.52 Å². The summed E-state index contributed by atoms with van der Waals surface area (Å²) in [7, 11) is -3.66. The highest BCUT2D eigenvalue weighted by molar-refractivity contribution is 7.89. The molecular formula is C19H17F2N3O3S. The predicted molar refractivity (Wildman–Crippen MR) is 96.8 cm³/mol. The van der Waals surface area contributed by atoms with Crippen LogP contribution in [-0.4, -0.2) is 36.0 Å². The molecule has 28 heavy (non-hydrogen) atoms. The number of benzene rings is 2. The first-order valence-electron chi connectivity index (χ1n) is 8.79. The molecule has 0 N–H and O–H groups in total. The van der Waals surface area contributed by atoms with Crippen LogP contribution in [0.3, 0.4) is 0 Å². The number of nitrogens with zero attached hydrogens (tertiary/aromatic N) is 3. The number of rotatable bonds is 4. The molecule has 0 unspecified atom stereocenters. The van der Waals surface area contributed by atoms with Gasteiger partial charge in [-0.25, -0.2) is 17.2 Å². The monoisotopic (exact) mass is 405 g/mol. The number of aromatic nitrogens is 2. The summed E-state index contributed by atoms with van der Waals surface area (Å²) in [6.07, 6.45) is 1.09. The van der Waals surface area contributed by atoms with Gasteiger partial charge in [0.05, 0.1) is 4.90 Å². The molecule has 1 fully saturated rings. The molecule has 9 heteroatoms. The van der Waals surface area contributed by atoms with E-state index in [1.54, 1.807) is 12.1 Å². The largest absolute Gasteiger partial charge is 0.334 e. The summed E-state index contributed by atoms with van der Waals surface area (Å²) in [6.45, 7) is 0.621. The zero-order chi connectivity index (χ0) is 19.7. The predicted octanol–water partition coefficient (Wildman–Crippen LogP) is 3.58. The molecule has 3 aromatic rings. The van der Waals surface area contributed by atoms with Gasteiger partial charge in [-0.3, -0.25) is 0 Å². The fraction of sp³-hybridized carbons (Fsp3) is 0.263. The molecule has 1 aliphatic rings. The number of hydrogen-bond acceptors (Lipinski definition) is 5. The maximum Gasteiger partial charge on any atom is 0.257 e. The van der Waals surface area contributed by atoms with Gasteiger partial charge in [-0.1, -0.05) is 5.16 Å². The second kappa shape index (κ2) is 7.40. The van der Waals surface area contributed by atoms with Crippen molar-refractivity contribution in [3.8, 4) is 11.5 Å². The van der Waals surface area contributed by atoms with E-state index in [1.165, 1.54) is 28.6 Å². The van der Waals surface area contributed by atoms with Crippen LogP contribution in [0.4, 0.5) is 8.78 Å². The normalized spacial score (nSPS) is 16.4. The number of hydrogen-bond donors (Lipinski definition) is 0. The van der Waals surface area contributed by atoms with Gasteiger partial charge >= 0.3 is 0 Å². The lowest BCUT2D eigenvalue weighted by Gasteiger charge is -2.29. The van der Waals surface area contributed by atoms with Crippen LogP contribution < -0.4 is 0 Å². The minimum absolute atomic E-state index is 0.0300. The first-order chi connectivity index (χ1) is 13.4. The molecule has 6 nitrogen and oxygen atoms in total. The van der Waals surface area contributed by atoms with Gasteiger partial charge in [-0.15, -0.1) is 0 Å². The Kier molecular flexibility index (Phi) is 4.94. The Morgan fingerprint density at radius 2 is 1.50 bits per heavy atom. The molecule has 1 aromatic heterocycles. The van der Waals surface area contributed by atoms with Crippen LogP contribution in [0.1, 0.15) is 24.6 Å². The van der Waals surface area contributed by atoms with Crippen LogP contribution in [0, 0.1) is 11.6 Å². The molecule has 0 saturated carbocycles. The lowest BCUT2D eigenvalue weighted by atomic mass is 9.97. The SMILES string of the molecule is O=S(=O)(c1ccc(F)cc1)N1CCC(c2noc(-c3ccc(F)cc3)n2)CC1. The van der Waals surface area contributed by atoms with Gasteiger partial charge in [-0.2, -0.15) is 9.29 Å². The van der Waals surface area contributed by atoms with Gasteiger partial charge in [0.25, 0.3) is 5.89 Å². The summed E-state index contributed by atoms with van der Waals surface area (Å²) in [5.74, 6) is -0.0444. The average Bonchev–Trinajstić information content (AvgIpc) is 3.19. The van der Waals surface area contributed by atoms with Crippen molar-refractivity contribution >= 4 is 10.0 Å². The van der Waals surface area contributed by atoms with E-state index in [-0.39, 0.29) is 16.6 Å². The van der Waals surface area contributed by atoms with E-state index in [1.807, 2.05) is 0 Å². The molecule has 0 radical (unpaired) electrons. The minimum atomic E-state index is -3.66. The fourth-order valence-electron chi connectivity index (χ4n) is 3.22. The second-order valence-electron chi connectivity index (χ2n) is 6.60. The lowest BCUT2D eigenvalue weighted by molar-refractivity contribution is 0.307. The topological polar surface area (TPSA) is 76.3 Å². The van der Waals surface area contributed by atoms with Crippen molar-refractivity contribution in [2.24, 2.45) is 0 Å². The zero-order valence-corrected chi connectivity index (χ0v) is 15.6. The van der Waals surface area contributed by atoms with Crippen molar-refractivity contribution < 1.29 is 21.7 Å². The molecule has 2 aromatic carbocycles. The standard InChI is InChI=1S/C19H17F2N3O3S/c20-15-3-1-14(2-4-15)19-22-18(23-27-19)13-9-11-24(12-10-13)28(25,26)17-7-5-16(21)6-8-17/h1-8,13H,9-12H2. The average molecular weight is 405 g/mol. The highest BCUT2D eigenvalue weighted by Gasteiger charge is 2.31. The molecular weight excluding hydrogens is 388 g/mol. The third-order valence-corrected chi connectivity index (χ3v) is 6.72. The molecule has 0 atom stereocenters. The summed E-state index contributed by atoms with van der Waals surface area (Å²) in [5, 5.41) is 4.00. The van der Waals surface area contributed by atoms with Crippen LogP contribution in [-0.2, 0) is 10.0 Å². The van der Waals surface area contributed by atoms with Crippen molar-refractivity contribution in [2.45, 2.75) is 23.7 Å². The van der Waals surface area contributed by atoms with Gasteiger partial charge in [0.15, 0.2) is 5.82 Å². The molecule has 0 bridgehead atoms. The third kappa shape index (κ3) is 3.67. The van der Waals surface area contributed by atoms with Crippen molar-refractivity contribution in [3.63, 3.8) is 0 Å². The molecule has 0 aliphatic carbocycles. The van der Waals surface area contributed by atoms with E-state index in [0.717, 1.165) is 12.1 Å². The van der Waals surface area contributed by atoms with Crippen LogP contribution >= 0.6 is 0 Å². The van der Waals surface area contributed by atoms with E-state index in [4.69, 9.17) is 4.52 Å². The van der Waals surface area contributed by atoms with E-state index in [9.17, 15) is 17.2 Å². The Morgan fingerprint density at radius 3 is 2.11 bits per heavy atom. The maximum atomic E-state index is 13.1. The fourth-order valence-corrected chi connectivity index (χ4v) is 4.69. The van der Waals surface area contributed by atoms with Crippen LogP contribution in [0.5, 0.6) is 0 Å². The Morgan fingerprint density at radius 1 is 0.929 bits per heavy atom. The van der Waals surface area contributed by atoms with Crippen molar-refractivity contribution in [2.75, 3.05) is 13.1 Å². The first-order valence-corrected chi connectivity index (χ1v) is 10.2. The Labute approximate surface area is 160 Å². The minimum Gasteiger partial charge on any atom is -0.334 e. The smallest absolute Gasteiger partial charge is 0.257 e. The summed E-state index contributed by atoms with van der Waals surface area (Å²) in [4.78, 5) is 4.45. The van der Waals surface area contributed by atoms with E-state index in [2.05, 4.69) is 10.1 Å². The van der Waals surface area contributed by atoms with E-state index in [0.29, 0.717) is 43.2 Å². The second-order valence-corrected chi connectivity index (χ2v) is 8.53. The van der Waals surface area contributed by atoms with Crippen molar-refractivity contribution in [1.82, 2.24) is 14.4 Å². The quantitative estimate of drug-likeness (QED) is 0.663. The third-order valence-electron chi connectivity index (χ3n) is 4.80. The molecule has 0 spiro atoms. The highest BCUT2D eigenvalue weighted by Crippen LogP contribution is 2.30. The lowest BCUT2D eigenvalue weighted by Crippen LogP contribution is -2.38. The van der Waals surface area contributed by atoms with Gasteiger partial charge in [0.2, 0.25) is 10.0 Å². The van der Waals surface area contributed by atoms with Crippen molar-refractivity contribution in [1.29, 1.82) is 0 Å². The highest BCUT2D eigenvalue weighted by atomic mass is 32.2. The van der Waals surface area contributed by atoms with Crippen LogP contribution in [0.15, 0.2) is 57.9 Å². The van der Waals surface area contributed by atoms with E-state index >= 15 is 0 Å². The Bertz CT molecular complexity index is 1060. The Balaban J connectivity index is 1.44. The Hall–Kier alpha value is -2.65. The first kappa shape index (κ1) is 18.7. The summed E-state index contributed by atoms with van der Waals surface area (Å²) < 4.78 is 58.1. The molecule has 146 valence electrons. The van der Waals surface area contributed by atoms with Crippen molar-refractivity contribution in [3.05, 3.63) is 66.0 Å². The van der Waals surface area contributed by atoms with Gasteiger partial charge in [0, 0.05) is 24.6 Å². The van der Waals surface area contributed by atoms with E-state index < -0.39 is 15.8 Å². The molecule has 0 amide bonds.